The fraction of sp³-hybridized carbons (Fsp3) is 0.0789. The maximum absolute atomic E-state index is 6.31. The molecule has 4 nitrogen and oxygen atoms in total. The standard InChI is InChI=1S/C38H30N4/c1-2-11-31-28(20-21-40-38(31)39)25-12-10-15-27(22-25)42-35-19-9-7-17-30(35)33-23-32-29-16-6-8-18-34(29)41(36(32)24-37(33)42)26-13-4-3-5-14-26/h2-7,9-17,19-24H,8,18H2,1H3,(H2,39,40)/b11-2-. The molecule has 0 fully saturated rings. The maximum atomic E-state index is 6.31. The van der Waals surface area contributed by atoms with E-state index in [2.05, 4.69) is 117 Å². The Hall–Kier alpha value is -5.35. The molecular weight excluding hydrogens is 512 g/mol. The van der Waals surface area contributed by atoms with Crippen LogP contribution in [0.1, 0.15) is 30.2 Å². The highest BCUT2D eigenvalue weighted by Gasteiger charge is 2.22. The van der Waals surface area contributed by atoms with Gasteiger partial charge in [0.25, 0.3) is 0 Å². The van der Waals surface area contributed by atoms with Crippen LogP contribution >= 0.6 is 0 Å². The van der Waals surface area contributed by atoms with Crippen LogP contribution < -0.4 is 5.73 Å². The van der Waals surface area contributed by atoms with Crippen molar-refractivity contribution in [2.75, 3.05) is 5.73 Å². The monoisotopic (exact) mass is 542 g/mol. The average Bonchev–Trinajstić information content (AvgIpc) is 3.53. The van der Waals surface area contributed by atoms with Crippen LogP contribution in [0.2, 0.25) is 0 Å². The van der Waals surface area contributed by atoms with Crippen LogP contribution in [0.15, 0.2) is 115 Å². The smallest absolute Gasteiger partial charge is 0.131 e. The van der Waals surface area contributed by atoms with Gasteiger partial charge < -0.3 is 14.9 Å². The average molecular weight is 543 g/mol. The molecule has 0 spiro atoms. The number of nitrogen functional groups attached to an aromatic ring is 1. The first-order chi connectivity index (χ1) is 20.7. The molecule has 4 aromatic carbocycles. The van der Waals surface area contributed by atoms with E-state index in [0.717, 1.165) is 35.2 Å². The van der Waals surface area contributed by atoms with Crippen molar-refractivity contribution >= 4 is 50.7 Å². The van der Waals surface area contributed by atoms with Gasteiger partial charge in [0, 0.05) is 50.6 Å². The van der Waals surface area contributed by atoms with E-state index in [0.29, 0.717) is 5.82 Å². The van der Waals surface area contributed by atoms with Gasteiger partial charge in [-0.05, 0) is 79.4 Å². The zero-order chi connectivity index (χ0) is 28.2. The summed E-state index contributed by atoms with van der Waals surface area (Å²) in [5, 5.41) is 3.82. The van der Waals surface area contributed by atoms with Crippen LogP contribution in [-0.2, 0) is 6.42 Å². The molecular formula is C38H30N4. The highest BCUT2D eigenvalue weighted by atomic mass is 15.0. The fourth-order valence-corrected chi connectivity index (χ4v) is 6.73. The summed E-state index contributed by atoms with van der Waals surface area (Å²) in [6, 6.07) is 35.1. The molecule has 0 atom stereocenters. The number of aromatic nitrogens is 3. The molecule has 42 heavy (non-hydrogen) atoms. The maximum Gasteiger partial charge on any atom is 0.131 e. The number of allylic oxidation sites excluding steroid dienone is 2. The van der Waals surface area contributed by atoms with Crippen LogP contribution in [0, 0.1) is 0 Å². The molecule has 4 heteroatoms. The van der Waals surface area contributed by atoms with Crippen LogP contribution in [0.3, 0.4) is 0 Å². The third-order valence-corrected chi connectivity index (χ3v) is 8.52. The van der Waals surface area contributed by atoms with E-state index in [1.54, 1.807) is 6.20 Å². The number of fused-ring (bicyclic) bond motifs is 6. The number of pyridine rings is 1. The van der Waals surface area contributed by atoms with Crippen LogP contribution in [0.5, 0.6) is 0 Å². The number of anilines is 1. The van der Waals surface area contributed by atoms with Crippen molar-refractivity contribution in [1.29, 1.82) is 0 Å². The highest BCUT2D eigenvalue weighted by molar-refractivity contribution is 6.14. The highest BCUT2D eigenvalue weighted by Crippen LogP contribution is 2.41. The molecule has 0 aliphatic heterocycles. The van der Waals surface area contributed by atoms with Crippen LogP contribution in [0.25, 0.3) is 67.4 Å². The Balaban J connectivity index is 1.44. The summed E-state index contributed by atoms with van der Waals surface area (Å²) in [6.45, 7) is 2.00. The summed E-state index contributed by atoms with van der Waals surface area (Å²) >= 11 is 0. The van der Waals surface area contributed by atoms with E-state index < -0.39 is 0 Å². The van der Waals surface area contributed by atoms with E-state index in [1.165, 1.54) is 49.7 Å². The lowest BCUT2D eigenvalue weighted by molar-refractivity contribution is 0.888. The second-order valence-corrected chi connectivity index (χ2v) is 10.9. The summed E-state index contributed by atoms with van der Waals surface area (Å²) in [7, 11) is 0. The third-order valence-electron chi connectivity index (χ3n) is 8.52. The van der Waals surface area contributed by atoms with E-state index in [-0.39, 0.29) is 0 Å². The summed E-state index contributed by atoms with van der Waals surface area (Å²) in [5.74, 6) is 0.537. The second-order valence-electron chi connectivity index (χ2n) is 10.9. The van der Waals surface area contributed by atoms with Gasteiger partial charge >= 0.3 is 0 Å². The fourth-order valence-electron chi connectivity index (χ4n) is 6.73. The molecule has 1 aliphatic rings. The SMILES string of the molecule is C/C=C\c1c(-c2cccc(-n3c4ccccc4c4cc5c6c(n(-c7ccccc7)c5cc43)CCC=C6)c2)ccnc1N. The summed E-state index contributed by atoms with van der Waals surface area (Å²) < 4.78 is 4.87. The molecule has 0 bridgehead atoms. The summed E-state index contributed by atoms with van der Waals surface area (Å²) in [6.07, 6.45) is 12.6. The van der Waals surface area contributed by atoms with E-state index >= 15 is 0 Å². The van der Waals surface area contributed by atoms with Gasteiger partial charge in [0.15, 0.2) is 0 Å². The molecule has 0 unspecified atom stereocenters. The predicted molar refractivity (Wildman–Crippen MR) is 177 cm³/mol. The number of rotatable bonds is 4. The zero-order valence-corrected chi connectivity index (χ0v) is 23.5. The molecule has 7 aromatic rings. The summed E-state index contributed by atoms with van der Waals surface area (Å²) in [5.41, 5.74) is 18.1. The van der Waals surface area contributed by atoms with Crippen LogP contribution in [-0.4, -0.2) is 14.1 Å². The lowest BCUT2D eigenvalue weighted by Gasteiger charge is -2.14. The van der Waals surface area contributed by atoms with Gasteiger partial charge in [0.05, 0.1) is 16.6 Å². The van der Waals surface area contributed by atoms with Gasteiger partial charge in [-0.1, -0.05) is 72.8 Å². The molecule has 1 aliphatic carbocycles. The Bertz CT molecular complexity index is 2210. The molecule has 3 heterocycles. The molecule has 202 valence electrons. The summed E-state index contributed by atoms with van der Waals surface area (Å²) in [4.78, 5) is 4.34. The van der Waals surface area contributed by atoms with E-state index in [1.807, 2.05) is 25.1 Å². The van der Waals surface area contributed by atoms with Crippen molar-refractivity contribution in [2.24, 2.45) is 0 Å². The predicted octanol–water partition coefficient (Wildman–Crippen LogP) is 9.36. The van der Waals surface area contributed by atoms with Gasteiger partial charge in [0.2, 0.25) is 0 Å². The topological polar surface area (TPSA) is 48.8 Å². The number of hydrogen-bond acceptors (Lipinski definition) is 2. The first-order valence-corrected chi connectivity index (χ1v) is 14.5. The molecule has 0 saturated carbocycles. The molecule has 2 N–H and O–H groups in total. The van der Waals surface area contributed by atoms with Crippen molar-refractivity contribution in [3.05, 3.63) is 132 Å². The minimum absolute atomic E-state index is 0.537. The van der Waals surface area contributed by atoms with Crippen LogP contribution in [0.4, 0.5) is 5.82 Å². The second kappa shape index (κ2) is 9.64. The molecule has 0 saturated heterocycles. The first-order valence-electron chi connectivity index (χ1n) is 14.5. The Kier molecular flexibility index (Phi) is 5.61. The molecule has 8 rings (SSSR count). The number of nitrogens with two attached hydrogens (primary N) is 1. The lowest BCUT2D eigenvalue weighted by atomic mass is 10.00. The number of hydrogen-bond donors (Lipinski definition) is 1. The van der Waals surface area contributed by atoms with Gasteiger partial charge in [-0.25, -0.2) is 4.98 Å². The lowest BCUT2D eigenvalue weighted by Crippen LogP contribution is -2.02. The molecule has 0 amide bonds. The van der Waals surface area contributed by atoms with Gasteiger partial charge in [0.1, 0.15) is 5.82 Å². The Morgan fingerprint density at radius 3 is 2.43 bits per heavy atom. The third kappa shape index (κ3) is 3.65. The van der Waals surface area contributed by atoms with Crippen molar-refractivity contribution < 1.29 is 0 Å². The first kappa shape index (κ1) is 24.4. The van der Waals surface area contributed by atoms with E-state index in [9.17, 15) is 0 Å². The minimum Gasteiger partial charge on any atom is -0.383 e. The van der Waals surface area contributed by atoms with E-state index in [4.69, 9.17) is 5.73 Å². The molecule has 3 aromatic heterocycles. The van der Waals surface area contributed by atoms with Crippen molar-refractivity contribution in [3.63, 3.8) is 0 Å². The number of benzene rings is 4. The van der Waals surface area contributed by atoms with Crippen molar-refractivity contribution in [1.82, 2.24) is 14.1 Å². The Morgan fingerprint density at radius 1 is 0.738 bits per heavy atom. The van der Waals surface area contributed by atoms with Crippen molar-refractivity contribution in [2.45, 2.75) is 19.8 Å². The largest absolute Gasteiger partial charge is 0.383 e. The minimum atomic E-state index is 0.537. The Morgan fingerprint density at radius 2 is 1.55 bits per heavy atom. The van der Waals surface area contributed by atoms with Gasteiger partial charge in [-0.15, -0.1) is 0 Å². The van der Waals surface area contributed by atoms with Crippen molar-refractivity contribution in [3.8, 4) is 22.5 Å². The number of nitrogens with zero attached hydrogens (tertiary/aromatic N) is 3. The quantitative estimate of drug-likeness (QED) is 0.241. The normalized spacial score (nSPS) is 13.1. The molecule has 0 radical (unpaired) electrons. The zero-order valence-electron chi connectivity index (χ0n) is 23.5. The Labute approximate surface area is 244 Å². The van der Waals surface area contributed by atoms with Gasteiger partial charge in [-0.3, -0.25) is 0 Å². The van der Waals surface area contributed by atoms with Gasteiger partial charge in [-0.2, -0.15) is 0 Å². The number of para-hydroxylation sites is 2.